The molecule has 1 amide bonds. The summed E-state index contributed by atoms with van der Waals surface area (Å²) in [6.07, 6.45) is 8.74. The van der Waals surface area contributed by atoms with Crippen LogP contribution in [0.5, 0.6) is 0 Å². The fourth-order valence-corrected chi connectivity index (χ4v) is 4.72. The Morgan fingerprint density at radius 1 is 1.35 bits per heavy atom. The molecule has 1 aliphatic heterocycles. The molecule has 0 spiro atoms. The topological polar surface area (TPSA) is 72.3 Å². The van der Waals surface area contributed by atoms with Crippen LogP contribution in [0.25, 0.3) is 11.8 Å². The summed E-state index contributed by atoms with van der Waals surface area (Å²) < 4.78 is 25.1. The van der Waals surface area contributed by atoms with Crippen LogP contribution in [0.1, 0.15) is 12.0 Å². The summed E-state index contributed by atoms with van der Waals surface area (Å²) in [6.45, 7) is 3.99. The average Bonchev–Trinajstić information content (AvgIpc) is 3.24. The summed E-state index contributed by atoms with van der Waals surface area (Å²) in [5, 5.41) is 4.29. The number of carbonyl (C=O) groups is 1. The maximum Gasteiger partial charge on any atom is 0.247 e. The van der Waals surface area contributed by atoms with Gasteiger partial charge in [0, 0.05) is 30.4 Å². The van der Waals surface area contributed by atoms with Crippen molar-refractivity contribution in [2.75, 3.05) is 18.1 Å². The quantitative estimate of drug-likeness (QED) is 0.576. The molecule has 6 nitrogen and oxygen atoms in total. The number of rotatable bonds is 6. The van der Waals surface area contributed by atoms with Gasteiger partial charge in [0.1, 0.15) is 0 Å². The Morgan fingerprint density at radius 3 is 2.77 bits per heavy atom. The van der Waals surface area contributed by atoms with Crippen molar-refractivity contribution < 1.29 is 13.2 Å². The number of amides is 1. The van der Waals surface area contributed by atoms with Crippen LogP contribution in [0.2, 0.25) is 0 Å². The van der Waals surface area contributed by atoms with Crippen molar-refractivity contribution in [2.45, 2.75) is 12.5 Å². The molecular formula is C19H21N3O3S. The van der Waals surface area contributed by atoms with Gasteiger partial charge in [-0.2, -0.15) is 5.10 Å². The molecule has 2 heterocycles. The van der Waals surface area contributed by atoms with Gasteiger partial charge in [-0.3, -0.25) is 4.79 Å². The molecule has 0 bridgehead atoms. The van der Waals surface area contributed by atoms with Gasteiger partial charge in [-0.15, -0.1) is 6.58 Å². The lowest BCUT2D eigenvalue weighted by atomic mass is 10.2. The maximum absolute atomic E-state index is 12.6. The van der Waals surface area contributed by atoms with Crippen molar-refractivity contribution in [3.8, 4) is 5.69 Å². The van der Waals surface area contributed by atoms with Gasteiger partial charge >= 0.3 is 0 Å². The lowest BCUT2D eigenvalue weighted by Crippen LogP contribution is -2.40. The van der Waals surface area contributed by atoms with E-state index >= 15 is 0 Å². The van der Waals surface area contributed by atoms with Gasteiger partial charge < -0.3 is 4.90 Å². The standard InChI is InChI=1S/C19H21N3O3S/c1-2-11-21(18-10-12-26(24,25)15-18)19(23)9-8-16-13-20-22(14-16)17-6-4-3-5-7-17/h2-9,13-14,18H,1,10-12,15H2/b9-8-/t18-/m1/s1. The molecule has 1 aliphatic rings. The van der Waals surface area contributed by atoms with E-state index in [-0.39, 0.29) is 23.5 Å². The second-order valence-electron chi connectivity index (χ2n) is 6.22. The van der Waals surface area contributed by atoms with Gasteiger partial charge in [0.25, 0.3) is 0 Å². The third-order valence-corrected chi connectivity index (χ3v) is 6.05. The Balaban J connectivity index is 1.71. The molecule has 1 aromatic carbocycles. The SMILES string of the molecule is C=CCN(C(=O)/C=C\c1cnn(-c2ccccc2)c1)[C@@H]1CCS(=O)(=O)C1. The molecule has 0 aliphatic carbocycles. The molecule has 7 heteroatoms. The smallest absolute Gasteiger partial charge is 0.247 e. The Hall–Kier alpha value is -2.67. The summed E-state index contributed by atoms with van der Waals surface area (Å²) in [5.41, 5.74) is 1.72. The summed E-state index contributed by atoms with van der Waals surface area (Å²) >= 11 is 0. The van der Waals surface area contributed by atoms with E-state index in [1.165, 1.54) is 6.08 Å². The van der Waals surface area contributed by atoms with Crippen LogP contribution in [0, 0.1) is 0 Å². The van der Waals surface area contributed by atoms with Gasteiger partial charge in [0.2, 0.25) is 5.91 Å². The number of benzene rings is 1. The molecule has 0 radical (unpaired) electrons. The summed E-state index contributed by atoms with van der Waals surface area (Å²) in [6, 6.07) is 9.39. The van der Waals surface area contributed by atoms with E-state index in [1.54, 1.807) is 27.9 Å². The first-order chi connectivity index (χ1) is 12.5. The second kappa shape index (κ2) is 7.70. The van der Waals surface area contributed by atoms with Gasteiger partial charge in [-0.05, 0) is 24.6 Å². The van der Waals surface area contributed by atoms with E-state index in [9.17, 15) is 13.2 Å². The maximum atomic E-state index is 12.6. The number of hydrogen-bond acceptors (Lipinski definition) is 4. The van der Waals surface area contributed by atoms with E-state index in [0.717, 1.165) is 11.3 Å². The lowest BCUT2D eigenvalue weighted by molar-refractivity contribution is -0.127. The third-order valence-electron chi connectivity index (χ3n) is 4.30. The van der Waals surface area contributed by atoms with Gasteiger partial charge in [-0.1, -0.05) is 24.3 Å². The zero-order valence-electron chi connectivity index (χ0n) is 14.4. The normalized spacial score (nSPS) is 18.8. The largest absolute Gasteiger partial charge is 0.331 e. The first-order valence-electron chi connectivity index (χ1n) is 8.38. The zero-order chi connectivity index (χ0) is 18.6. The van der Waals surface area contributed by atoms with Crippen LogP contribution in [-0.2, 0) is 14.6 Å². The molecule has 1 atom stereocenters. The van der Waals surface area contributed by atoms with Crippen molar-refractivity contribution in [3.63, 3.8) is 0 Å². The van der Waals surface area contributed by atoms with Crippen LogP contribution in [-0.4, -0.2) is 53.1 Å². The van der Waals surface area contributed by atoms with Crippen molar-refractivity contribution in [3.05, 3.63) is 67.0 Å². The number of carbonyl (C=O) groups excluding carboxylic acids is 1. The highest BCUT2D eigenvalue weighted by molar-refractivity contribution is 7.91. The van der Waals surface area contributed by atoms with E-state index in [0.29, 0.717) is 13.0 Å². The van der Waals surface area contributed by atoms with Crippen LogP contribution >= 0.6 is 0 Å². The first-order valence-corrected chi connectivity index (χ1v) is 10.2. The number of sulfone groups is 1. The zero-order valence-corrected chi connectivity index (χ0v) is 15.2. The number of nitrogens with zero attached hydrogens (tertiary/aromatic N) is 3. The monoisotopic (exact) mass is 371 g/mol. The van der Waals surface area contributed by atoms with Crippen molar-refractivity contribution in [1.29, 1.82) is 0 Å². The molecule has 1 saturated heterocycles. The molecule has 0 unspecified atom stereocenters. The molecule has 2 aromatic rings. The number of hydrogen-bond donors (Lipinski definition) is 0. The second-order valence-corrected chi connectivity index (χ2v) is 8.45. The van der Waals surface area contributed by atoms with Gasteiger partial charge in [0.05, 0.1) is 23.4 Å². The van der Waals surface area contributed by atoms with E-state index in [1.807, 2.05) is 36.5 Å². The predicted molar refractivity (Wildman–Crippen MR) is 102 cm³/mol. The number of para-hydroxylation sites is 1. The Morgan fingerprint density at radius 2 is 2.12 bits per heavy atom. The molecule has 136 valence electrons. The van der Waals surface area contributed by atoms with E-state index in [2.05, 4.69) is 11.7 Å². The minimum absolute atomic E-state index is 0.0202. The van der Waals surface area contributed by atoms with E-state index < -0.39 is 9.84 Å². The fraction of sp³-hybridized carbons (Fsp3) is 0.263. The summed E-state index contributed by atoms with van der Waals surface area (Å²) in [7, 11) is -3.05. The van der Waals surface area contributed by atoms with Crippen LogP contribution in [0.4, 0.5) is 0 Å². The highest BCUT2D eigenvalue weighted by Crippen LogP contribution is 2.18. The Bertz CT molecular complexity index is 917. The minimum Gasteiger partial charge on any atom is -0.331 e. The van der Waals surface area contributed by atoms with Crippen LogP contribution in [0.15, 0.2) is 61.5 Å². The molecule has 0 saturated carbocycles. The first kappa shape index (κ1) is 18.1. The Labute approximate surface area is 153 Å². The van der Waals surface area contributed by atoms with Crippen LogP contribution < -0.4 is 0 Å². The summed E-state index contributed by atoms with van der Waals surface area (Å²) in [5.74, 6) is -0.0714. The summed E-state index contributed by atoms with van der Waals surface area (Å²) in [4.78, 5) is 14.1. The van der Waals surface area contributed by atoms with E-state index in [4.69, 9.17) is 0 Å². The Kier molecular flexibility index (Phi) is 5.37. The molecule has 1 aromatic heterocycles. The van der Waals surface area contributed by atoms with Crippen LogP contribution in [0.3, 0.4) is 0 Å². The molecular weight excluding hydrogens is 350 g/mol. The average molecular weight is 371 g/mol. The molecule has 1 fully saturated rings. The van der Waals surface area contributed by atoms with Crippen molar-refractivity contribution in [2.24, 2.45) is 0 Å². The highest BCUT2D eigenvalue weighted by atomic mass is 32.2. The van der Waals surface area contributed by atoms with Gasteiger partial charge in [0.15, 0.2) is 9.84 Å². The van der Waals surface area contributed by atoms with Crippen molar-refractivity contribution >= 4 is 21.8 Å². The van der Waals surface area contributed by atoms with Gasteiger partial charge in [-0.25, -0.2) is 13.1 Å². The third kappa shape index (κ3) is 4.29. The van der Waals surface area contributed by atoms with Crippen molar-refractivity contribution in [1.82, 2.24) is 14.7 Å². The molecule has 3 rings (SSSR count). The molecule has 0 N–H and O–H groups in total. The highest BCUT2D eigenvalue weighted by Gasteiger charge is 2.33. The lowest BCUT2D eigenvalue weighted by Gasteiger charge is -2.25. The predicted octanol–water partition coefficient (Wildman–Crippen LogP) is 2.09. The fourth-order valence-electron chi connectivity index (χ4n) is 2.99. The number of aromatic nitrogens is 2. The minimum atomic E-state index is -3.05. The molecule has 26 heavy (non-hydrogen) atoms.